The average Bonchev–Trinajstić information content (AvgIpc) is 3.05. The molecule has 0 radical (unpaired) electrons. The highest BCUT2D eigenvalue weighted by Gasteiger charge is 2.39. The first kappa shape index (κ1) is 31.8. The fraction of sp³-hybridized carbons (Fsp3) is 0.429. The minimum Gasteiger partial charge on any atom is -0.481 e. The third-order valence-corrected chi connectivity index (χ3v) is 8.58. The standard InChI is InChI=1S/C35H43N3O6/c1-25-31(23-38-19-17-37(18-20-38)22-27-5-3-2-4-6-27)43-35(44-34(25)29-11-9-28(24-39)10-12-29)30-13-7-26(8-14-30)21-36-32(40)15-16-33(41)42/h2-14,25,31,34-35,39H,15-24H2,1H3,(H,36,40)(H,41,42)/t25-,31+,34+,35+/m0/s1. The molecule has 0 unspecified atom stereocenters. The van der Waals surface area contributed by atoms with Gasteiger partial charge >= 0.3 is 5.97 Å². The van der Waals surface area contributed by atoms with Crippen LogP contribution < -0.4 is 5.32 Å². The van der Waals surface area contributed by atoms with Gasteiger partial charge in [-0.3, -0.25) is 19.4 Å². The second kappa shape index (κ2) is 15.4. The molecule has 0 aromatic heterocycles. The molecule has 2 aliphatic heterocycles. The van der Waals surface area contributed by atoms with Crippen LogP contribution in [-0.4, -0.2) is 70.7 Å². The Morgan fingerprint density at radius 2 is 1.43 bits per heavy atom. The molecule has 0 saturated carbocycles. The van der Waals surface area contributed by atoms with Crippen LogP contribution in [0.25, 0.3) is 0 Å². The summed E-state index contributed by atoms with van der Waals surface area (Å²) >= 11 is 0. The summed E-state index contributed by atoms with van der Waals surface area (Å²) in [6.07, 6.45) is -1.02. The van der Waals surface area contributed by atoms with E-state index in [1.165, 1.54) is 5.56 Å². The predicted octanol–water partition coefficient (Wildman–Crippen LogP) is 4.27. The molecular formula is C35H43N3O6. The summed E-state index contributed by atoms with van der Waals surface area (Å²) in [5.74, 6) is -1.17. The van der Waals surface area contributed by atoms with Crippen molar-refractivity contribution >= 4 is 11.9 Å². The number of nitrogens with one attached hydrogen (secondary N) is 1. The Kier molecular flexibility index (Phi) is 11.1. The number of ether oxygens (including phenoxy) is 2. The van der Waals surface area contributed by atoms with E-state index in [1.807, 2.05) is 48.5 Å². The Morgan fingerprint density at radius 3 is 2.09 bits per heavy atom. The van der Waals surface area contributed by atoms with Crippen molar-refractivity contribution < 1.29 is 29.3 Å². The topological polar surface area (TPSA) is 112 Å². The van der Waals surface area contributed by atoms with Gasteiger partial charge in [-0.25, -0.2) is 0 Å². The average molecular weight is 602 g/mol. The molecule has 2 heterocycles. The lowest BCUT2D eigenvalue weighted by Gasteiger charge is -2.44. The zero-order chi connectivity index (χ0) is 30.9. The highest BCUT2D eigenvalue weighted by molar-refractivity contribution is 5.80. The van der Waals surface area contributed by atoms with E-state index in [1.54, 1.807) is 0 Å². The molecule has 2 saturated heterocycles. The Bertz CT molecular complexity index is 1340. The molecule has 3 aromatic carbocycles. The Hall–Kier alpha value is -3.60. The lowest BCUT2D eigenvalue weighted by molar-refractivity contribution is -0.276. The number of carbonyl (C=O) groups is 2. The lowest BCUT2D eigenvalue weighted by Crippen LogP contribution is -2.51. The van der Waals surface area contributed by atoms with Crippen molar-refractivity contribution in [2.24, 2.45) is 5.92 Å². The number of carbonyl (C=O) groups excluding carboxylic acids is 1. The number of rotatable bonds is 12. The number of hydrogen-bond donors (Lipinski definition) is 3. The van der Waals surface area contributed by atoms with Crippen molar-refractivity contribution in [2.45, 2.75) is 58.0 Å². The Labute approximate surface area is 259 Å². The molecule has 234 valence electrons. The number of aliphatic hydroxyl groups is 1. The number of benzene rings is 3. The largest absolute Gasteiger partial charge is 0.481 e. The van der Waals surface area contributed by atoms with Crippen LogP contribution in [0.2, 0.25) is 0 Å². The van der Waals surface area contributed by atoms with Gasteiger partial charge in [-0.15, -0.1) is 0 Å². The second-order valence-corrected chi connectivity index (χ2v) is 11.8. The summed E-state index contributed by atoms with van der Waals surface area (Å²) in [7, 11) is 0. The van der Waals surface area contributed by atoms with Gasteiger partial charge in [0.25, 0.3) is 0 Å². The van der Waals surface area contributed by atoms with E-state index in [0.29, 0.717) is 6.54 Å². The first-order valence-corrected chi connectivity index (χ1v) is 15.4. The highest BCUT2D eigenvalue weighted by atomic mass is 16.7. The molecule has 9 heteroatoms. The van der Waals surface area contributed by atoms with Crippen molar-refractivity contribution in [1.29, 1.82) is 0 Å². The molecule has 0 bridgehead atoms. The zero-order valence-electron chi connectivity index (χ0n) is 25.3. The van der Waals surface area contributed by atoms with E-state index < -0.39 is 12.3 Å². The third-order valence-electron chi connectivity index (χ3n) is 8.58. The molecule has 0 aliphatic carbocycles. The van der Waals surface area contributed by atoms with Gasteiger partial charge in [0.1, 0.15) is 0 Å². The van der Waals surface area contributed by atoms with Gasteiger partial charge in [0.05, 0.1) is 25.2 Å². The maximum atomic E-state index is 11.9. The van der Waals surface area contributed by atoms with Gasteiger partial charge in [0.2, 0.25) is 5.91 Å². The smallest absolute Gasteiger partial charge is 0.303 e. The van der Waals surface area contributed by atoms with E-state index in [9.17, 15) is 14.7 Å². The van der Waals surface area contributed by atoms with Crippen LogP contribution in [0.3, 0.4) is 0 Å². The predicted molar refractivity (Wildman–Crippen MR) is 166 cm³/mol. The van der Waals surface area contributed by atoms with Crippen LogP contribution in [0.4, 0.5) is 0 Å². The first-order valence-electron chi connectivity index (χ1n) is 15.4. The Balaban J connectivity index is 1.24. The van der Waals surface area contributed by atoms with Crippen molar-refractivity contribution in [2.75, 3.05) is 32.7 Å². The summed E-state index contributed by atoms with van der Waals surface area (Å²) in [5, 5.41) is 21.1. The molecule has 0 spiro atoms. The fourth-order valence-electron chi connectivity index (χ4n) is 5.86. The lowest BCUT2D eigenvalue weighted by atomic mass is 9.90. The van der Waals surface area contributed by atoms with Crippen molar-refractivity contribution in [3.8, 4) is 0 Å². The summed E-state index contributed by atoms with van der Waals surface area (Å²) in [5.41, 5.74) is 5.06. The minimum atomic E-state index is -0.988. The van der Waals surface area contributed by atoms with E-state index in [2.05, 4.69) is 52.4 Å². The molecule has 9 nitrogen and oxygen atoms in total. The van der Waals surface area contributed by atoms with Crippen LogP contribution in [-0.2, 0) is 38.8 Å². The van der Waals surface area contributed by atoms with E-state index in [4.69, 9.17) is 14.6 Å². The summed E-state index contributed by atoms with van der Waals surface area (Å²) < 4.78 is 13.3. The van der Waals surface area contributed by atoms with Crippen molar-refractivity contribution in [3.05, 3.63) is 107 Å². The first-order chi connectivity index (χ1) is 21.4. The van der Waals surface area contributed by atoms with Crippen molar-refractivity contribution in [1.82, 2.24) is 15.1 Å². The number of amides is 1. The third kappa shape index (κ3) is 8.74. The number of carboxylic acid groups (broad SMARTS) is 1. The van der Waals surface area contributed by atoms with Crippen LogP contribution in [0.5, 0.6) is 0 Å². The number of aliphatic hydroxyl groups excluding tert-OH is 1. The van der Waals surface area contributed by atoms with Crippen LogP contribution >= 0.6 is 0 Å². The van der Waals surface area contributed by atoms with E-state index in [0.717, 1.165) is 61.5 Å². The number of nitrogens with zero attached hydrogens (tertiary/aromatic N) is 2. The summed E-state index contributed by atoms with van der Waals surface area (Å²) in [4.78, 5) is 27.7. The van der Waals surface area contributed by atoms with Gasteiger partial charge in [0, 0.05) is 63.7 Å². The molecule has 2 aliphatic rings. The number of aliphatic carboxylic acids is 1. The summed E-state index contributed by atoms with van der Waals surface area (Å²) in [6, 6.07) is 26.3. The molecule has 1 amide bonds. The summed E-state index contributed by atoms with van der Waals surface area (Å²) in [6.45, 7) is 8.27. The van der Waals surface area contributed by atoms with E-state index >= 15 is 0 Å². The molecule has 44 heavy (non-hydrogen) atoms. The normalized spacial score (nSPS) is 22.9. The van der Waals surface area contributed by atoms with Crippen molar-refractivity contribution in [3.63, 3.8) is 0 Å². The van der Waals surface area contributed by atoms with Gasteiger partial charge < -0.3 is 25.0 Å². The SMILES string of the molecule is C[C@H]1[C@@H](CN2CCN(Cc3ccccc3)CC2)O[C@@H](c2ccc(CNC(=O)CCC(=O)O)cc2)O[C@H]1c1ccc(CO)cc1. The van der Waals surface area contributed by atoms with Crippen LogP contribution in [0, 0.1) is 5.92 Å². The molecule has 3 aromatic rings. The maximum absolute atomic E-state index is 11.9. The van der Waals surface area contributed by atoms with Crippen LogP contribution in [0.15, 0.2) is 78.9 Å². The zero-order valence-corrected chi connectivity index (χ0v) is 25.3. The minimum absolute atomic E-state index is 0.00166. The molecule has 4 atom stereocenters. The van der Waals surface area contributed by atoms with E-state index in [-0.39, 0.29) is 43.5 Å². The monoisotopic (exact) mass is 601 g/mol. The number of hydrogen-bond acceptors (Lipinski definition) is 7. The molecule has 5 rings (SSSR count). The number of carboxylic acids is 1. The number of piperazine rings is 1. The second-order valence-electron chi connectivity index (χ2n) is 11.8. The highest BCUT2D eigenvalue weighted by Crippen LogP contribution is 2.42. The van der Waals surface area contributed by atoms with Gasteiger partial charge in [0.15, 0.2) is 6.29 Å². The quantitative estimate of drug-likeness (QED) is 0.282. The maximum Gasteiger partial charge on any atom is 0.303 e. The van der Waals surface area contributed by atoms with Crippen LogP contribution in [0.1, 0.15) is 60.0 Å². The Morgan fingerprint density at radius 1 is 0.795 bits per heavy atom. The fourth-order valence-corrected chi connectivity index (χ4v) is 5.86. The molecule has 2 fully saturated rings. The van der Waals surface area contributed by atoms with Gasteiger partial charge in [-0.2, -0.15) is 0 Å². The molecular weight excluding hydrogens is 558 g/mol. The van der Waals surface area contributed by atoms with Gasteiger partial charge in [-0.1, -0.05) is 85.8 Å². The molecule has 3 N–H and O–H groups in total. The van der Waals surface area contributed by atoms with Gasteiger partial charge in [-0.05, 0) is 22.3 Å².